The van der Waals surface area contributed by atoms with E-state index >= 15 is 4.39 Å². The molecule has 0 amide bonds. The largest absolute Gasteiger partial charge is 0.307 e. The fourth-order valence-corrected chi connectivity index (χ4v) is 3.89. The first-order valence-electron chi connectivity index (χ1n) is 9.33. The Morgan fingerprint density at radius 2 is 1.87 bits per heavy atom. The molecule has 0 atom stereocenters. The van der Waals surface area contributed by atoms with Crippen molar-refractivity contribution in [2.24, 2.45) is 0 Å². The van der Waals surface area contributed by atoms with Crippen molar-refractivity contribution in [2.75, 3.05) is 0 Å². The number of benzene rings is 2. The standard InChI is InChI=1S/C24H12ClFN4O/c25-19-11-16(9-13-4-2-8-28-22(13)19)18-10-14-6-7-20(31)29-24(14)30-23(18)17-5-1-3-15(12-27)21(17)26/h1-11H,(H,29,30,31). The van der Waals surface area contributed by atoms with Crippen molar-refractivity contribution in [3.05, 3.63) is 93.6 Å². The molecule has 0 saturated heterocycles. The van der Waals surface area contributed by atoms with E-state index in [1.807, 2.05) is 30.3 Å². The Labute approximate surface area is 180 Å². The van der Waals surface area contributed by atoms with Gasteiger partial charge in [-0.15, -0.1) is 0 Å². The van der Waals surface area contributed by atoms with Crippen LogP contribution in [0.25, 0.3) is 44.3 Å². The molecular formula is C24H12ClFN4O. The molecule has 0 radical (unpaired) electrons. The Morgan fingerprint density at radius 3 is 2.71 bits per heavy atom. The summed E-state index contributed by atoms with van der Waals surface area (Å²) in [5, 5.41) is 11.2. The van der Waals surface area contributed by atoms with E-state index in [0.29, 0.717) is 38.4 Å². The molecule has 3 aromatic heterocycles. The zero-order chi connectivity index (χ0) is 21.5. The number of aromatic amines is 1. The Morgan fingerprint density at radius 1 is 1.00 bits per heavy atom. The quantitative estimate of drug-likeness (QED) is 0.405. The first-order chi connectivity index (χ1) is 15.0. The molecule has 5 aromatic rings. The molecule has 0 saturated carbocycles. The summed E-state index contributed by atoms with van der Waals surface area (Å²) in [4.78, 5) is 23.4. The second-order valence-corrected chi connectivity index (χ2v) is 7.36. The number of hydrogen-bond donors (Lipinski definition) is 1. The van der Waals surface area contributed by atoms with Crippen molar-refractivity contribution in [3.8, 4) is 28.5 Å². The fraction of sp³-hybridized carbons (Fsp3) is 0. The van der Waals surface area contributed by atoms with Crippen molar-refractivity contribution in [1.82, 2.24) is 15.0 Å². The molecule has 0 spiro atoms. The topological polar surface area (TPSA) is 82.4 Å². The maximum atomic E-state index is 15.1. The number of hydrogen-bond acceptors (Lipinski definition) is 4. The number of fused-ring (bicyclic) bond motifs is 2. The summed E-state index contributed by atoms with van der Waals surface area (Å²) < 4.78 is 15.1. The van der Waals surface area contributed by atoms with Gasteiger partial charge in [0.1, 0.15) is 17.5 Å². The SMILES string of the molecule is N#Cc1cccc(-c2nc3[nH]c(=O)ccc3cc2-c2cc(Cl)c3ncccc3c2)c1F. The molecular weight excluding hydrogens is 415 g/mol. The summed E-state index contributed by atoms with van der Waals surface area (Å²) in [5.41, 5.74) is 2.35. The minimum Gasteiger partial charge on any atom is -0.307 e. The lowest BCUT2D eigenvalue weighted by molar-refractivity contribution is 0.627. The lowest BCUT2D eigenvalue weighted by Crippen LogP contribution is -2.05. The highest BCUT2D eigenvalue weighted by atomic mass is 35.5. The summed E-state index contributed by atoms with van der Waals surface area (Å²) >= 11 is 6.48. The molecule has 0 fully saturated rings. The van der Waals surface area contributed by atoms with Crippen LogP contribution in [0.4, 0.5) is 4.39 Å². The van der Waals surface area contributed by atoms with Crippen LogP contribution < -0.4 is 5.56 Å². The zero-order valence-corrected chi connectivity index (χ0v) is 16.6. The van der Waals surface area contributed by atoms with Gasteiger partial charge in [-0.25, -0.2) is 9.37 Å². The number of H-pyrrole nitrogens is 1. The third-order valence-corrected chi connectivity index (χ3v) is 5.34. The van der Waals surface area contributed by atoms with Crippen LogP contribution in [0.1, 0.15) is 5.56 Å². The van der Waals surface area contributed by atoms with Crippen molar-refractivity contribution in [1.29, 1.82) is 5.26 Å². The summed E-state index contributed by atoms with van der Waals surface area (Å²) in [6.45, 7) is 0. The van der Waals surface area contributed by atoms with Gasteiger partial charge in [-0.05, 0) is 48.0 Å². The second kappa shape index (κ2) is 7.31. The van der Waals surface area contributed by atoms with Crippen molar-refractivity contribution < 1.29 is 4.39 Å². The molecule has 1 N–H and O–H groups in total. The number of halogens is 2. The summed E-state index contributed by atoms with van der Waals surface area (Å²) in [6.07, 6.45) is 1.66. The number of nitrogens with zero attached hydrogens (tertiary/aromatic N) is 3. The Hall–Kier alpha value is -4.08. The molecule has 0 aliphatic rings. The average molecular weight is 427 g/mol. The Kier molecular flexibility index (Phi) is 4.46. The number of rotatable bonds is 2. The van der Waals surface area contributed by atoms with E-state index in [-0.39, 0.29) is 16.7 Å². The van der Waals surface area contributed by atoms with Crippen LogP contribution in [0.3, 0.4) is 0 Å². The van der Waals surface area contributed by atoms with E-state index < -0.39 is 5.82 Å². The Bertz CT molecular complexity index is 1600. The molecule has 148 valence electrons. The fourth-order valence-electron chi connectivity index (χ4n) is 3.61. The van der Waals surface area contributed by atoms with Gasteiger partial charge in [-0.2, -0.15) is 5.26 Å². The van der Waals surface area contributed by atoms with Crippen molar-refractivity contribution in [2.45, 2.75) is 0 Å². The summed E-state index contributed by atoms with van der Waals surface area (Å²) in [5.74, 6) is -0.676. The maximum Gasteiger partial charge on any atom is 0.249 e. The molecule has 5 nitrogen and oxygen atoms in total. The van der Waals surface area contributed by atoms with Crippen LogP contribution in [0, 0.1) is 17.1 Å². The van der Waals surface area contributed by atoms with E-state index in [1.165, 1.54) is 12.1 Å². The van der Waals surface area contributed by atoms with E-state index in [9.17, 15) is 10.1 Å². The molecule has 0 bridgehead atoms. The molecule has 31 heavy (non-hydrogen) atoms. The molecule has 5 rings (SSSR count). The van der Waals surface area contributed by atoms with Crippen LogP contribution in [-0.4, -0.2) is 15.0 Å². The van der Waals surface area contributed by atoms with Crippen LogP contribution in [-0.2, 0) is 0 Å². The van der Waals surface area contributed by atoms with Crippen molar-refractivity contribution >= 4 is 33.5 Å². The van der Waals surface area contributed by atoms with E-state index in [1.54, 1.807) is 30.5 Å². The van der Waals surface area contributed by atoms with E-state index in [2.05, 4.69) is 15.0 Å². The third-order valence-electron chi connectivity index (χ3n) is 5.05. The molecule has 2 aromatic carbocycles. The minimum absolute atomic E-state index is 0.0901. The lowest BCUT2D eigenvalue weighted by Gasteiger charge is -2.13. The van der Waals surface area contributed by atoms with E-state index in [0.717, 1.165) is 5.39 Å². The molecule has 0 aliphatic carbocycles. The smallest absolute Gasteiger partial charge is 0.249 e. The molecule has 0 aliphatic heterocycles. The van der Waals surface area contributed by atoms with Gasteiger partial charge in [0.2, 0.25) is 5.56 Å². The number of nitrogens with one attached hydrogen (secondary N) is 1. The minimum atomic E-state index is -0.676. The molecule has 3 heterocycles. The van der Waals surface area contributed by atoms with Gasteiger partial charge >= 0.3 is 0 Å². The predicted octanol–water partition coefficient (Wildman–Crippen LogP) is 5.47. The number of pyridine rings is 3. The molecule has 0 unspecified atom stereocenters. The normalized spacial score (nSPS) is 11.0. The summed E-state index contributed by atoms with van der Waals surface area (Å²) in [7, 11) is 0. The third kappa shape index (κ3) is 3.21. The summed E-state index contributed by atoms with van der Waals surface area (Å²) in [6, 6.07) is 18.6. The Balaban J connectivity index is 1.88. The zero-order valence-electron chi connectivity index (χ0n) is 15.9. The van der Waals surface area contributed by atoms with Gasteiger partial charge < -0.3 is 4.98 Å². The highest BCUT2D eigenvalue weighted by Gasteiger charge is 2.18. The highest BCUT2D eigenvalue weighted by Crippen LogP contribution is 2.37. The van der Waals surface area contributed by atoms with Crippen molar-refractivity contribution in [3.63, 3.8) is 0 Å². The van der Waals surface area contributed by atoms with Gasteiger partial charge in [0.05, 0.1) is 21.8 Å². The second-order valence-electron chi connectivity index (χ2n) is 6.96. The number of aromatic nitrogens is 3. The van der Waals surface area contributed by atoms with Crippen LogP contribution in [0.15, 0.2) is 71.7 Å². The van der Waals surface area contributed by atoms with Gasteiger partial charge in [0, 0.05) is 34.2 Å². The van der Waals surface area contributed by atoms with Gasteiger partial charge in [0.25, 0.3) is 0 Å². The van der Waals surface area contributed by atoms with E-state index in [4.69, 9.17) is 11.6 Å². The average Bonchev–Trinajstić information content (AvgIpc) is 2.78. The van der Waals surface area contributed by atoms with Crippen LogP contribution in [0.2, 0.25) is 5.02 Å². The first kappa shape index (κ1) is 18.9. The molecule has 7 heteroatoms. The first-order valence-corrected chi connectivity index (χ1v) is 9.70. The predicted molar refractivity (Wildman–Crippen MR) is 118 cm³/mol. The van der Waals surface area contributed by atoms with Crippen LogP contribution in [0.5, 0.6) is 0 Å². The maximum absolute atomic E-state index is 15.1. The number of nitriles is 1. The highest BCUT2D eigenvalue weighted by molar-refractivity contribution is 6.35. The van der Waals surface area contributed by atoms with Crippen LogP contribution >= 0.6 is 11.6 Å². The van der Waals surface area contributed by atoms with Gasteiger partial charge in [-0.1, -0.05) is 23.7 Å². The van der Waals surface area contributed by atoms with Gasteiger partial charge in [0.15, 0.2) is 0 Å². The van der Waals surface area contributed by atoms with Gasteiger partial charge in [-0.3, -0.25) is 9.78 Å². The monoisotopic (exact) mass is 426 g/mol. The lowest BCUT2D eigenvalue weighted by atomic mass is 9.95.